The summed E-state index contributed by atoms with van der Waals surface area (Å²) >= 11 is 0. The van der Waals surface area contributed by atoms with E-state index in [0.717, 1.165) is 64.6 Å². The number of halogens is 1. The molecule has 2 aliphatic carbocycles. The average Bonchev–Trinajstić information content (AvgIpc) is 3.08. The number of amides is 1. The molecule has 0 aromatic heterocycles. The first kappa shape index (κ1) is 23.1. The van der Waals surface area contributed by atoms with Crippen LogP contribution in [-0.2, 0) is 4.79 Å². The molecule has 1 N–H and O–H groups in total. The van der Waals surface area contributed by atoms with E-state index in [9.17, 15) is 4.79 Å². The largest absolute Gasteiger partial charge is 0.355 e. The Balaban J connectivity index is 0.00000240. The van der Waals surface area contributed by atoms with E-state index in [0.29, 0.717) is 17.2 Å². The molecule has 2 saturated heterocycles. The van der Waals surface area contributed by atoms with E-state index in [-0.39, 0.29) is 24.0 Å². The van der Waals surface area contributed by atoms with Crippen molar-refractivity contribution in [2.24, 2.45) is 16.3 Å². The molecule has 0 aromatic rings. The third-order valence-electron chi connectivity index (χ3n) is 7.71. The fraction of sp³-hybridized carbons (Fsp3) is 0.909. The van der Waals surface area contributed by atoms with E-state index >= 15 is 0 Å². The van der Waals surface area contributed by atoms with Crippen LogP contribution in [0.1, 0.15) is 57.8 Å². The molecule has 4 aliphatic rings. The number of rotatable bonds is 4. The number of nitrogens with one attached hydrogen (secondary N) is 1. The predicted molar refractivity (Wildman–Crippen MR) is 129 cm³/mol. The Hall–Kier alpha value is -0.570. The van der Waals surface area contributed by atoms with Gasteiger partial charge in [-0.05, 0) is 37.5 Å². The minimum Gasteiger partial charge on any atom is -0.355 e. The summed E-state index contributed by atoms with van der Waals surface area (Å²) in [6, 6.07) is 0. The van der Waals surface area contributed by atoms with Gasteiger partial charge in [0.2, 0.25) is 5.91 Å². The molecule has 0 unspecified atom stereocenters. The summed E-state index contributed by atoms with van der Waals surface area (Å²) in [4.78, 5) is 24.0. The topological polar surface area (TPSA) is 51.2 Å². The SMILES string of the molecule is CN=C(NCCN1CCN(C(=O)C2CCC2)CC1)N1CCC2(CCCCC2)C1.I. The minimum absolute atomic E-state index is 0. The Morgan fingerprint density at radius 3 is 2.31 bits per heavy atom. The second-order valence-electron chi connectivity index (χ2n) is 9.50. The highest BCUT2D eigenvalue weighted by molar-refractivity contribution is 14.0. The third-order valence-corrected chi connectivity index (χ3v) is 7.71. The van der Waals surface area contributed by atoms with Crippen molar-refractivity contribution in [1.29, 1.82) is 0 Å². The zero-order chi connectivity index (χ0) is 19.4. The summed E-state index contributed by atoms with van der Waals surface area (Å²) in [6.45, 7) is 8.13. The Kier molecular flexibility index (Phi) is 8.48. The van der Waals surface area contributed by atoms with Crippen LogP contribution in [0.15, 0.2) is 4.99 Å². The number of piperazine rings is 1. The summed E-state index contributed by atoms with van der Waals surface area (Å²) < 4.78 is 0. The summed E-state index contributed by atoms with van der Waals surface area (Å²) in [5.74, 6) is 1.83. The molecule has 0 bridgehead atoms. The van der Waals surface area contributed by atoms with Crippen LogP contribution in [0.2, 0.25) is 0 Å². The molecule has 1 spiro atoms. The lowest BCUT2D eigenvalue weighted by Gasteiger charge is -2.38. The number of nitrogens with zero attached hydrogens (tertiary/aromatic N) is 4. The summed E-state index contributed by atoms with van der Waals surface area (Å²) in [6.07, 6.45) is 11.9. The van der Waals surface area contributed by atoms with Crippen molar-refractivity contribution in [3.8, 4) is 0 Å². The van der Waals surface area contributed by atoms with Gasteiger partial charge < -0.3 is 15.1 Å². The molecule has 0 radical (unpaired) electrons. The highest BCUT2D eigenvalue weighted by Crippen LogP contribution is 2.43. The lowest BCUT2D eigenvalue weighted by molar-refractivity contribution is -0.139. The predicted octanol–water partition coefficient (Wildman–Crippen LogP) is 2.78. The van der Waals surface area contributed by atoms with Gasteiger partial charge >= 0.3 is 0 Å². The second kappa shape index (κ2) is 10.6. The van der Waals surface area contributed by atoms with Crippen molar-refractivity contribution >= 4 is 35.8 Å². The molecule has 4 rings (SSSR count). The van der Waals surface area contributed by atoms with Crippen LogP contribution in [0.5, 0.6) is 0 Å². The van der Waals surface area contributed by atoms with Gasteiger partial charge in [0.25, 0.3) is 0 Å². The zero-order valence-electron chi connectivity index (χ0n) is 18.2. The lowest BCUT2D eigenvalue weighted by Crippen LogP contribution is -2.52. The lowest BCUT2D eigenvalue weighted by atomic mass is 9.73. The van der Waals surface area contributed by atoms with Crippen LogP contribution >= 0.6 is 24.0 Å². The van der Waals surface area contributed by atoms with E-state index in [1.807, 2.05) is 7.05 Å². The standard InChI is InChI=1S/C22H39N5O.HI/c1-23-21(27-12-10-22(18-27)8-3-2-4-9-22)24-11-13-25-14-16-26(17-15-25)20(28)19-6-5-7-19;/h19H,2-18H2,1H3,(H,23,24);1H. The van der Waals surface area contributed by atoms with Crippen molar-refractivity contribution in [2.45, 2.75) is 57.8 Å². The van der Waals surface area contributed by atoms with Gasteiger partial charge in [-0.15, -0.1) is 24.0 Å². The van der Waals surface area contributed by atoms with E-state index in [2.05, 4.69) is 25.0 Å². The number of hydrogen-bond acceptors (Lipinski definition) is 3. The molecule has 0 aromatic carbocycles. The van der Waals surface area contributed by atoms with Crippen molar-refractivity contribution < 1.29 is 4.79 Å². The number of aliphatic imine (C=N–C) groups is 1. The summed E-state index contributed by atoms with van der Waals surface area (Å²) in [5.41, 5.74) is 0.569. The third kappa shape index (κ3) is 5.57. The van der Waals surface area contributed by atoms with E-state index in [4.69, 9.17) is 0 Å². The highest BCUT2D eigenvalue weighted by atomic mass is 127. The van der Waals surface area contributed by atoms with Crippen molar-refractivity contribution in [3.63, 3.8) is 0 Å². The first-order chi connectivity index (χ1) is 13.7. The summed E-state index contributed by atoms with van der Waals surface area (Å²) in [5, 5.41) is 3.60. The Morgan fingerprint density at radius 1 is 0.966 bits per heavy atom. The molecule has 2 aliphatic heterocycles. The van der Waals surface area contributed by atoms with E-state index < -0.39 is 0 Å². The van der Waals surface area contributed by atoms with Gasteiger partial charge in [-0.2, -0.15) is 0 Å². The molecule has 1 amide bonds. The fourth-order valence-corrected chi connectivity index (χ4v) is 5.59. The maximum atomic E-state index is 12.4. The van der Waals surface area contributed by atoms with Crippen LogP contribution in [0.4, 0.5) is 0 Å². The molecule has 4 fully saturated rings. The Labute approximate surface area is 193 Å². The number of guanidine groups is 1. The smallest absolute Gasteiger partial charge is 0.225 e. The minimum atomic E-state index is 0. The molecule has 29 heavy (non-hydrogen) atoms. The first-order valence-electron chi connectivity index (χ1n) is 11.7. The molecular formula is C22H40IN5O. The van der Waals surface area contributed by atoms with Gasteiger partial charge in [0.1, 0.15) is 0 Å². The van der Waals surface area contributed by atoms with Crippen molar-refractivity contribution in [1.82, 2.24) is 20.0 Å². The molecule has 166 valence electrons. The normalized spacial score (nSPS) is 25.6. The van der Waals surface area contributed by atoms with Gasteiger partial charge in [0.15, 0.2) is 5.96 Å². The molecule has 2 saturated carbocycles. The zero-order valence-corrected chi connectivity index (χ0v) is 20.5. The molecular weight excluding hydrogens is 477 g/mol. The molecule has 0 atom stereocenters. The van der Waals surface area contributed by atoms with Gasteiger partial charge in [-0.25, -0.2) is 0 Å². The summed E-state index contributed by atoms with van der Waals surface area (Å²) in [7, 11) is 1.92. The van der Waals surface area contributed by atoms with Crippen molar-refractivity contribution in [3.05, 3.63) is 0 Å². The average molecular weight is 518 g/mol. The Bertz CT molecular complexity index is 566. The molecule has 2 heterocycles. The number of carbonyl (C=O) groups is 1. The monoisotopic (exact) mass is 517 g/mol. The van der Waals surface area contributed by atoms with Crippen LogP contribution in [0.3, 0.4) is 0 Å². The van der Waals surface area contributed by atoms with Crippen LogP contribution in [0.25, 0.3) is 0 Å². The van der Waals surface area contributed by atoms with Crippen LogP contribution in [-0.4, -0.2) is 86.0 Å². The van der Waals surface area contributed by atoms with E-state index in [1.54, 1.807) is 0 Å². The second-order valence-corrected chi connectivity index (χ2v) is 9.50. The van der Waals surface area contributed by atoms with Crippen LogP contribution < -0.4 is 5.32 Å². The van der Waals surface area contributed by atoms with Gasteiger partial charge in [-0.1, -0.05) is 25.7 Å². The molecule has 7 heteroatoms. The maximum absolute atomic E-state index is 12.4. The number of likely N-dealkylation sites (tertiary alicyclic amines) is 1. The fourth-order valence-electron chi connectivity index (χ4n) is 5.59. The maximum Gasteiger partial charge on any atom is 0.225 e. The van der Waals surface area contributed by atoms with Gasteiger partial charge in [0, 0.05) is 65.3 Å². The highest BCUT2D eigenvalue weighted by Gasteiger charge is 2.39. The molecule has 6 nitrogen and oxygen atoms in total. The first-order valence-corrected chi connectivity index (χ1v) is 11.7. The quantitative estimate of drug-likeness (QED) is 0.354. The van der Waals surface area contributed by atoms with Gasteiger partial charge in [-0.3, -0.25) is 14.7 Å². The number of carbonyl (C=O) groups excluding carboxylic acids is 1. The van der Waals surface area contributed by atoms with Crippen LogP contribution in [0, 0.1) is 11.3 Å². The van der Waals surface area contributed by atoms with Crippen molar-refractivity contribution in [2.75, 3.05) is 59.4 Å². The van der Waals surface area contributed by atoms with Gasteiger partial charge in [0.05, 0.1) is 0 Å². The number of hydrogen-bond donors (Lipinski definition) is 1. The van der Waals surface area contributed by atoms with E-state index in [1.165, 1.54) is 51.5 Å². The Morgan fingerprint density at radius 2 is 1.69 bits per heavy atom.